The van der Waals surface area contributed by atoms with Gasteiger partial charge in [0.25, 0.3) is 0 Å². The van der Waals surface area contributed by atoms with Crippen molar-refractivity contribution in [2.45, 2.75) is 38.1 Å². The van der Waals surface area contributed by atoms with Crippen LogP contribution in [0, 0.1) is 11.7 Å². The SMILES string of the molecule is CN1C(=O)CC[C@@H](C(=O)N2CCCCC2)[C@@H]1c1cccc(F)c1. The molecule has 2 heterocycles. The molecule has 2 saturated heterocycles. The summed E-state index contributed by atoms with van der Waals surface area (Å²) in [7, 11) is 1.72. The molecule has 0 aromatic heterocycles. The molecule has 3 rings (SSSR count). The summed E-state index contributed by atoms with van der Waals surface area (Å²) in [4.78, 5) is 28.6. The van der Waals surface area contributed by atoms with Gasteiger partial charge in [0.2, 0.25) is 11.8 Å². The Morgan fingerprint density at radius 3 is 2.65 bits per heavy atom. The Balaban J connectivity index is 1.89. The molecule has 2 fully saturated rings. The van der Waals surface area contributed by atoms with E-state index < -0.39 is 0 Å². The second kappa shape index (κ2) is 6.69. The zero-order valence-corrected chi connectivity index (χ0v) is 13.5. The highest BCUT2D eigenvalue weighted by Gasteiger charge is 2.40. The van der Waals surface area contributed by atoms with Crippen molar-refractivity contribution < 1.29 is 14.0 Å². The highest BCUT2D eigenvalue weighted by atomic mass is 19.1. The van der Waals surface area contributed by atoms with Gasteiger partial charge in [-0.2, -0.15) is 0 Å². The van der Waals surface area contributed by atoms with Crippen molar-refractivity contribution in [2.24, 2.45) is 5.92 Å². The van der Waals surface area contributed by atoms with Crippen LogP contribution in [0.5, 0.6) is 0 Å². The summed E-state index contributed by atoms with van der Waals surface area (Å²) in [6.45, 7) is 1.59. The third-order valence-corrected chi connectivity index (χ3v) is 5.04. The number of benzene rings is 1. The van der Waals surface area contributed by atoms with Gasteiger partial charge in [0.1, 0.15) is 5.82 Å². The molecular formula is C18H23FN2O2. The van der Waals surface area contributed by atoms with Gasteiger partial charge in [0.05, 0.1) is 12.0 Å². The molecule has 124 valence electrons. The molecule has 2 aliphatic rings. The van der Waals surface area contributed by atoms with Crippen molar-refractivity contribution in [3.8, 4) is 0 Å². The van der Waals surface area contributed by atoms with Gasteiger partial charge in [-0.25, -0.2) is 4.39 Å². The maximum Gasteiger partial charge on any atom is 0.228 e. The van der Waals surface area contributed by atoms with E-state index in [-0.39, 0.29) is 29.6 Å². The van der Waals surface area contributed by atoms with Gasteiger partial charge in [-0.05, 0) is 43.4 Å². The summed E-state index contributed by atoms with van der Waals surface area (Å²) in [6.07, 6.45) is 4.17. The molecule has 4 nitrogen and oxygen atoms in total. The van der Waals surface area contributed by atoms with Crippen molar-refractivity contribution >= 4 is 11.8 Å². The molecular weight excluding hydrogens is 295 g/mol. The van der Waals surface area contributed by atoms with Crippen LogP contribution < -0.4 is 0 Å². The quantitative estimate of drug-likeness (QED) is 0.841. The maximum absolute atomic E-state index is 13.6. The summed E-state index contributed by atoms with van der Waals surface area (Å²) in [6, 6.07) is 5.90. The Labute approximate surface area is 136 Å². The number of amides is 2. The Kier molecular flexibility index (Phi) is 4.64. The molecule has 0 N–H and O–H groups in total. The molecule has 0 aliphatic carbocycles. The van der Waals surface area contributed by atoms with Crippen LogP contribution in [0.4, 0.5) is 4.39 Å². The van der Waals surface area contributed by atoms with Gasteiger partial charge < -0.3 is 9.80 Å². The number of carbonyl (C=O) groups excluding carboxylic acids is 2. The minimum Gasteiger partial charge on any atom is -0.342 e. The number of likely N-dealkylation sites (tertiary alicyclic amines) is 2. The van der Waals surface area contributed by atoms with Crippen molar-refractivity contribution in [1.29, 1.82) is 0 Å². The van der Waals surface area contributed by atoms with Crippen LogP contribution in [0.15, 0.2) is 24.3 Å². The standard InChI is InChI=1S/C18H23FN2O2/c1-20-16(22)9-8-15(18(23)21-10-3-2-4-11-21)17(20)13-6-5-7-14(19)12-13/h5-7,12,15,17H,2-4,8-11H2,1H3/t15-,17+/m1/s1. The van der Waals surface area contributed by atoms with E-state index in [2.05, 4.69) is 0 Å². The van der Waals surface area contributed by atoms with Crippen LogP contribution in [-0.4, -0.2) is 41.8 Å². The fourth-order valence-corrected chi connectivity index (χ4v) is 3.79. The molecule has 0 saturated carbocycles. The van der Waals surface area contributed by atoms with E-state index in [0.29, 0.717) is 18.4 Å². The minimum atomic E-state index is -0.374. The van der Waals surface area contributed by atoms with Crippen molar-refractivity contribution in [2.75, 3.05) is 20.1 Å². The summed E-state index contributed by atoms with van der Waals surface area (Å²) < 4.78 is 13.6. The van der Waals surface area contributed by atoms with E-state index in [1.807, 2.05) is 4.90 Å². The predicted octanol–water partition coefficient (Wildman–Crippen LogP) is 2.75. The number of piperidine rings is 2. The molecule has 0 radical (unpaired) electrons. The summed E-state index contributed by atoms with van der Waals surface area (Å²) >= 11 is 0. The third-order valence-electron chi connectivity index (χ3n) is 5.04. The van der Waals surface area contributed by atoms with E-state index in [1.165, 1.54) is 18.6 Å². The monoisotopic (exact) mass is 318 g/mol. The topological polar surface area (TPSA) is 40.6 Å². The van der Waals surface area contributed by atoms with Crippen LogP contribution >= 0.6 is 0 Å². The minimum absolute atomic E-state index is 0.0157. The third kappa shape index (κ3) is 3.23. The number of nitrogens with zero attached hydrogens (tertiary/aromatic N) is 2. The first-order chi connectivity index (χ1) is 11.1. The Morgan fingerprint density at radius 1 is 1.22 bits per heavy atom. The van der Waals surface area contributed by atoms with Gasteiger partial charge in [-0.3, -0.25) is 9.59 Å². The Morgan fingerprint density at radius 2 is 1.96 bits per heavy atom. The second-order valence-corrected chi connectivity index (χ2v) is 6.54. The Bertz CT molecular complexity index is 598. The number of hydrogen-bond donors (Lipinski definition) is 0. The number of rotatable bonds is 2. The molecule has 5 heteroatoms. The van der Waals surface area contributed by atoms with Crippen molar-refractivity contribution in [3.63, 3.8) is 0 Å². The molecule has 2 atom stereocenters. The molecule has 23 heavy (non-hydrogen) atoms. The van der Waals surface area contributed by atoms with Gasteiger partial charge in [-0.15, -0.1) is 0 Å². The lowest BCUT2D eigenvalue weighted by atomic mass is 9.83. The lowest BCUT2D eigenvalue weighted by molar-refractivity contribution is -0.147. The van der Waals surface area contributed by atoms with E-state index in [1.54, 1.807) is 24.1 Å². The lowest BCUT2D eigenvalue weighted by Gasteiger charge is -2.41. The second-order valence-electron chi connectivity index (χ2n) is 6.54. The summed E-state index contributed by atoms with van der Waals surface area (Å²) in [5.41, 5.74) is 0.705. The molecule has 1 aromatic carbocycles. The molecule has 1 aromatic rings. The van der Waals surface area contributed by atoms with E-state index in [0.717, 1.165) is 25.9 Å². The van der Waals surface area contributed by atoms with Gasteiger partial charge >= 0.3 is 0 Å². The average molecular weight is 318 g/mol. The first-order valence-corrected chi connectivity index (χ1v) is 8.38. The molecule has 0 spiro atoms. The van der Waals surface area contributed by atoms with Crippen LogP contribution in [0.25, 0.3) is 0 Å². The first-order valence-electron chi connectivity index (χ1n) is 8.38. The van der Waals surface area contributed by atoms with Crippen LogP contribution in [0.2, 0.25) is 0 Å². The summed E-state index contributed by atoms with van der Waals surface area (Å²) in [5.74, 6) is -0.490. The fraction of sp³-hybridized carbons (Fsp3) is 0.556. The fourth-order valence-electron chi connectivity index (χ4n) is 3.79. The zero-order chi connectivity index (χ0) is 16.4. The zero-order valence-electron chi connectivity index (χ0n) is 13.5. The number of halogens is 1. The normalized spacial score (nSPS) is 25.6. The highest BCUT2D eigenvalue weighted by Crippen LogP contribution is 2.37. The lowest BCUT2D eigenvalue weighted by Crippen LogP contribution is -2.48. The van der Waals surface area contributed by atoms with E-state index >= 15 is 0 Å². The van der Waals surface area contributed by atoms with Crippen molar-refractivity contribution in [1.82, 2.24) is 9.80 Å². The van der Waals surface area contributed by atoms with Gasteiger partial charge in [0, 0.05) is 26.6 Å². The molecule has 0 unspecified atom stereocenters. The average Bonchev–Trinajstić information content (AvgIpc) is 2.57. The highest BCUT2D eigenvalue weighted by molar-refractivity contribution is 5.85. The molecule has 2 aliphatic heterocycles. The van der Waals surface area contributed by atoms with Crippen molar-refractivity contribution in [3.05, 3.63) is 35.6 Å². The largest absolute Gasteiger partial charge is 0.342 e. The predicted molar refractivity (Wildman–Crippen MR) is 85.1 cm³/mol. The van der Waals surface area contributed by atoms with Crippen LogP contribution in [0.1, 0.15) is 43.7 Å². The number of carbonyl (C=O) groups is 2. The Hall–Kier alpha value is -1.91. The van der Waals surface area contributed by atoms with Gasteiger partial charge in [-0.1, -0.05) is 12.1 Å². The van der Waals surface area contributed by atoms with Crippen LogP contribution in [0.3, 0.4) is 0 Å². The van der Waals surface area contributed by atoms with E-state index in [9.17, 15) is 14.0 Å². The van der Waals surface area contributed by atoms with Gasteiger partial charge in [0.15, 0.2) is 0 Å². The number of hydrogen-bond acceptors (Lipinski definition) is 2. The maximum atomic E-state index is 13.6. The molecule has 0 bridgehead atoms. The van der Waals surface area contributed by atoms with E-state index in [4.69, 9.17) is 0 Å². The van der Waals surface area contributed by atoms with Crippen LogP contribution in [-0.2, 0) is 9.59 Å². The summed E-state index contributed by atoms with van der Waals surface area (Å²) in [5, 5.41) is 0. The first kappa shape index (κ1) is 16.0. The molecule has 2 amide bonds. The smallest absolute Gasteiger partial charge is 0.228 e.